The minimum Gasteiger partial charge on any atom is -0.507 e. The molecule has 110 valence electrons. The quantitative estimate of drug-likeness (QED) is 0.672. The molecule has 2 aromatic heterocycles. The summed E-state index contributed by atoms with van der Waals surface area (Å²) in [5.41, 5.74) is 3.19. The Morgan fingerprint density at radius 3 is 2.76 bits per heavy atom. The van der Waals surface area contributed by atoms with E-state index in [0.29, 0.717) is 16.6 Å². The van der Waals surface area contributed by atoms with E-state index in [1.807, 2.05) is 6.92 Å². The fraction of sp³-hybridized carbons (Fsp3) is 0.214. The Balaban J connectivity index is 2.32. The highest BCUT2D eigenvalue weighted by Gasteiger charge is 2.13. The number of anilines is 1. The molecule has 21 heavy (non-hydrogen) atoms. The summed E-state index contributed by atoms with van der Waals surface area (Å²) < 4.78 is 4.94. The molecular weight excluding hydrogens is 294 g/mol. The Morgan fingerprint density at radius 2 is 2.14 bits per heavy atom. The maximum Gasteiger partial charge on any atom is 0.348 e. The summed E-state index contributed by atoms with van der Waals surface area (Å²) >= 11 is 6.02. The first-order valence-corrected chi connectivity index (χ1v) is 6.53. The molecule has 0 unspecified atom stereocenters. The second kappa shape index (κ2) is 5.97. The summed E-state index contributed by atoms with van der Waals surface area (Å²) in [6.45, 7) is 5.01. The highest BCUT2D eigenvalue weighted by Crippen LogP contribution is 2.20. The summed E-state index contributed by atoms with van der Waals surface area (Å²) in [6, 6.07) is 3.09. The third kappa shape index (κ3) is 3.41. The summed E-state index contributed by atoms with van der Waals surface area (Å²) in [5, 5.41) is 14.2. The van der Waals surface area contributed by atoms with Crippen LogP contribution in [-0.4, -0.2) is 15.8 Å². The van der Waals surface area contributed by atoms with Crippen LogP contribution in [0.3, 0.4) is 0 Å². The molecule has 0 aliphatic rings. The number of aromatic hydroxyl groups is 1. The highest BCUT2D eigenvalue weighted by atomic mass is 35.5. The molecule has 0 radical (unpaired) electrons. The first-order chi connectivity index (χ1) is 9.88. The number of aromatic nitrogens is 1. The van der Waals surface area contributed by atoms with Crippen molar-refractivity contribution in [3.8, 4) is 5.75 Å². The van der Waals surface area contributed by atoms with Gasteiger partial charge in [0.25, 0.3) is 0 Å². The molecule has 0 aliphatic heterocycles. The van der Waals surface area contributed by atoms with Gasteiger partial charge in [0, 0.05) is 12.3 Å². The molecule has 2 aromatic rings. The van der Waals surface area contributed by atoms with E-state index >= 15 is 0 Å². The second-order valence-corrected chi connectivity index (χ2v) is 4.96. The van der Waals surface area contributed by atoms with Crippen LogP contribution in [0.1, 0.15) is 23.8 Å². The van der Waals surface area contributed by atoms with Crippen molar-refractivity contribution in [1.82, 2.24) is 4.98 Å². The zero-order valence-corrected chi connectivity index (χ0v) is 12.5. The van der Waals surface area contributed by atoms with Crippen molar-refractivity contribution in [3.05, 3.63) is 50.7 Å². The molecule has 0 aliphatic carbocycles. The molecule has 0 saturated heterocycles. The maximum atomic E-state index is 11.7. The minimum absolute atomic E-state index is 0.00339. The summed E-state index contributed by atoms with van der Waals surface area (Å²) in [5.74, 6) is 0.498. The predicted molar refractivity (Wildman–Crippen MR) is 81.2 cm³/mol. The van der Waals surface area contributed by atoms with E-state index in [4.69, 9.17) is 16.0 Å². The van der Waals surface area contributed by atoms with Crippen molar-refractivity contribution in [2.75, 3.05) is 5.43 Å². The van der Waals surface area contributed by atoms with Gasteiger partial charge in [-0.25, -0.2) is 9.78 Å². The third-order valence-electron chi connectivity index (χ3n) is 2.72. The molecular formula is C14H14ClN3O3. The van der Waals surface area contributed by atoms with Crippen molar-refractivity contribution in [2.45, 2.75) is 20.8 Å². The van der Waals surface area contributed by atoms with Gasteiger partial charge in [-0.15, -0.1) is 0 Å². The first-order valence-electron chi connectivity index (χ1n) is 6.15. The lowest BCUT2D eigenvalue weighted by molar-refractivity contribution is 0.432. The van der Waals surface area contributed by atoms with E-state index in [1.165, 1.54) is 6.07 Å². The van der Waals surface area contributed by atoms with Gasteiger partial charge >= 0.3 is 5.63 Å². The Kier molecular flexibility index (Phi) is 4.28. The van der Waals surface area contributed by atoms with E-state index in [9.17, 15) is 9.90 Å². The minimum atomic E-state index is -0.654. The van der Waals surface area contributed by atoms with Crippen molar-refractivity contribution in [2.24, 2.45) is 5.10 Å². The molecule has 0 aromatic carbocycles. The fourth-order valence-corrected chi connectivity index (χ4v) is 2.00. The van der Waals surface area contributed by atoms with Gasteiger partial charge in [0.2, 0.25) is 0 Å². The molecule has 0 bridgehead atoms. The molecule has 2 heterocycles. The van der Waals surface area contributed by atoms with E-state index in [2.05, 4.69) is 15.5 Å². The molecule has 2 N–H and O–H groups in total. The largest absolute Gasteiger partial charge is 0.507 e. The van der Waals surface area contributed by atoms with E-state index in [1.54, 1.807) is 26.1 Å². The topological polar surface area (TPSA) is 87.7 Å². The van der Waals surface area contributed by atoms with Crippen molar-refractivity contribution in [1.29, 1.82) is 0 Å². The number of hydrazone groups is 1. The SMILES string of the molecule is C/C(=N/Nc1ncc(C)cc1Cl)c1c(O)cc(C)oc1=O. The van der Waals surface area contributed by atoms with Gasteiger partial charge in [-0.3, -0.25) is 5.43 Å². The van der Waals surface area contributed by atoms with Gasteiger partial charge in [-0.05, 0) is 32.4 Å². The Bertz CT molecular complexity index is 769. The number of halogens is 1. The van der Waals surface area contributed by atoms with Crippen LogP contribution in [0.25, 0.3) is 0 Å². The van der Waals surface area contributed by atoms with Gasteiger partial charge in [0.1, 0.15) is 17.1 Å². The number of aryl methyl sites for hydroxylation is 2. The predicted octanol–water partition coefficient (Wildman–Crippen LogP) is 2.85. The van der Waals surface area contributed by atoms with Gasteiger partial charge in [0.05, 0.1) is 10.7 Å². The molecule has 0 fully saturated rings. The smallest absolute Gasteiger partial charge is 0.348 e. The first kappa shape index (κ1) is 15.1. The Morgan fingerprint density at radius 1 is 1.43 bits per heavy atom. The summed E-state index contributed by atoms with van der Waals surface area (Å²) in [7, 11) is 0. The second-order valence-electron chi connectivity index (χ2n) is 4.56. The van der Waals surface area contributed by atoms with Crippen LogP contribution in [0.5, 0.6) is 5.75 Å². The zero-order chi connectivity index (χ0) is 15.6. The van der Waals surface area contributed by atoms with Crippen molar-refractivity contribution in [3.63, 3.8) is 0 Å². The lowest BCUT2D eigenvalue weighted by Crippen LogP contribution is -2.14. The molecule has 0 saturated carbocycles. The molecule has 6 nitrogen and oxygen atoms in total. The molecule has 0 amide bonds. The van der Waals surface area contributed by atoms with Crippen LogP contribution in [0.15, 0.2) is 32.6 Å². The average molecular weight is 308 g/mol. The fourth-order valence-electron chi connectivity index (χ4n) is 1.74. The van der Waals surface area contributed by atoms with Crippen LogP contribution in [0.2, 0.25) is 5.02 Å². The number of nitrogens with one attached hydrogen (secondary N) is 1. The Hall–Kier alpha value is -2.34. The number of hydrogen-bond acceptors (Lipinski definition) is 6. The standard InChI is InChI=1S/C14H14ClN3O3/c1-7-4-10(15)13(16-6-7)18-17-9(3)12-11(19)5-8(2)21-14(12)20/h4-6,19H,1-3H3,(H,16,18)/b17-9-. The van der Waals surface area contributed by atoms with Crippen LogP contribution < -0.4 is 11.1 Å². The van der Waals surface area contributed by atoms with Crippen molar-refractivity contribution >= 4 is 23.1 Å². The van der Waals surface area contributed by atoms with Gasteiger partial charge in [0.15, 0.2) is 5.82 Å². The third-order valence-corrected chi connectivity index (χ3v) is 3.01. The van der Waals surface area contributed by atoms with E-state index in [0.717, 1.165) is 5.56 Å². The molecule has 2 rings (SSSR count). The van der Waals surface area contributed by atoms with Crippen LogP contribution >= 0.6 is 11.6 Å². The summed E-state index contributed by atoms with van der Waals surface area (Å²) in [6.07, 6.45) is 1.64. The maximum absolute atomic E-state index is 11.7. The molecule has 7 heteroatoms. The highest BCUT2D eigenvalue weighted by molar-refractivity contribution is 6.32. The Labute approximate surface area is 126 Å². The van der Waals surface area contributed by atoms with Gasteiger partial charge < -0.3 is 9.52 Å². The average Bonchev–Trinajstić information content (AvgIpc) is 2.36. The zero-order valence-electron chi connectivity index (χ0n) is 11.8. The molecule has 0 spiro atoms. The van der Waals surface area contributed by atoms with Gasteiger partial charge in [-0.1, -0.05) is 11.6 Å². The number of pyridine rings is 1. The van der Waals surface area contributed by atoms with Gasteiger partial charge in [-0.2, -0.15) is 5.10 Å². The monoisotopic (exact) mass is 307 g/mol. The number of hydrogen-bond donors (Lipinski definition) is 2. The lowest BCUT2D eigenvalue weighted by Gasteiger charge is -2.06. The van der Waals surface area contributed by atoms with Crippen LogP contribution in [0.4, 0.5) is 5.82 Å². The number of rotatable bonds is 3. The van der Waals surface area contributed by atoms with E-state index in [-0.39, 0.29) is 17.0 Å². The van der Waals surface area contributed by atoms with Crippen LogP contribution in [0, 0.1) is 13.8 Å². The number of nitrogens with zero attached hydrogens (tertiary/aromatic N) is 2. The summed E-state index contributed by atoms with van der Waals surface area (Å²) in [4.78, 5) is 15.8. The normalized spacial score (nSPS) is 11.5. The lowest BCUT2D eigenvalue weighted by atomic mass is 10.2. The van der Waals surface area contributed by atoms with Crippen LogP contribution in [-0.2, 0) is 0 Å². The van der Waals surface area contributed by atoms with E-state index < -0.39 is 5.63 Å². The molecule has 0 atom stereocenters. The van der Waals surface area contributed by atoms with Crippen molar-refractivity contribution < 1.29 is 9.52 Å².